The Bertz CT molecular complexity index is 1060. The van der Waals surface area contributed by atoms with Crippen LogP contribution in [0.1, 0.15) is 24.6 Å². The quantitative estimate of drug-likeness (QED) is 0.446. The molecule has 0 amide bonds. The Morgan fingerprint density at radius 1 is 1.38 bits per heavy atom. The van der Waals surface area contributed by atoms with E-state index in [1.165, 1.54) is 13.2 Å². The monoisotopic (exact) mass is 388 g/mol. The van der Waals surface area contributed by atoms with Crippen molar-refractivity contribution in [2.24, 2.45) is 10.7 Å². The van der Waals surface area contributed by atoms with Gasteiger partial charge in [-0.15, -0.1) is 0 Å². The van der Waals surface area contributed by atoms with Gasteiger partial charge in [0.2, 0.25) is 7.98 Å². The molecule has 29 heavy (non-hydrogen) atoms. The maximum atomic E-state index is 11.2. The molecule has 1 aromatic heterocycles. The number of rotatable bonds is 7. The maximum Gasteiger partial charge on any atom is 0.311 e. The first kappa shape index (κ1) is 20.4. The van der Waals surface area contributed by atoms with Gasteiger partial charge < -0.3 is 14.9 Å². The summed E-state index contributed by atoms with van der Waals surface area (Å²) in [6.07, 6.45) is 7.99. The molecule has 0 aliphatic carbocycles. The zero-order valence-corrected chi connectivity index (χ0v) is 16.3. The molecule has 1 aliphatic heterocycles. The zero-order valence-electron chi connectivity index (χ0n) is 16.3. The average Bonchev–Trinajstić information content (AvgIpc) is 3.29. The van der Waals surface area contributed by atoms with Crippen LogP contribution in [0.5, 0.6) is 5.75 Å². The van der Waals surface area contributed by atoms with Crippen LogP contribution in [0.15, 0.2) is 64.9 Å². The number of allylic oxidation sites excluding steroid dienone is 3. The second-order valence-electron chi connectivity index (χ2n) is 6.55. The van der Waals surface area contributed by atoms with Crippen molar-refractivity contribution < 1.29 is 9.66 Å². The molecule has 2 heterocycles. The molecule has 1 aromatic carbocycles. The molecule has 0 fully saturated rings. The number of nitro groups is 1. The number of nitro benzene ring substituents is 1. The van der Waals surface area contributed by atoms with E-state index < -0.39 is 4.92 Å². The summed E-state index contributed by atoms with van der Waals surface area (Å²) in [5, 5.41) is 11.2. The van der Waals surface area contributed by atoms with Gasteiger partial charge in [0.25, 0.3) is 0 Å². The highest BCUT2D eigenvalue weighted by Gasteiger charge is 2.17. The van der Waals surface area contributed by atoms with E-state index in [2.05, 4.69) is 0 Å². The molecule has 2 N–H and O–H groups in total. The van der Waals surface area contributed by atoms with Crippen LogP contribution in [0.3, 0.4) is 0 Å². The van der Waals surface area contributed by atoms with Crippen molar-refractivity contribution in [3.63, 3.8) is 0 Å². The minimum atomic E-state index is -0.463. The number of nitrogens with zero attached hydrogens (tertiary/aromatic N) is 3. The van der Waals surface area contributed by atoms with E-state index in [0.717, 1.165) is 28.2 Å². The molecule has 2 radical (unpaired) electrons. The van der Waals surface area contributed by atoms with Crippen LogP contribution in [-0.4, -0.2) is 36.7 Å². The summed E-state index contributed by atoms with van der Waals surface area (Å²) in [7, 11) is 7.42. The van der Waals surface area contributed by atoms with Gasteiger partial charge in [0, 0.05) is 17.3 Å². The van der Waals surface area contributed by atoms with E-state index >= 15 is 0 Å². The Morgan fingerprint density at radius 3 is 2.79 bits per heavy atom. The summed E-state index contributed by atoms with van der Waals surface area (Å²) < 4.78 is 6.60. The van der Waals surface area contributed by atoms with E-state index in [0.29, 0.717) is 18.5 Å². The normalized spacial score (nSPS) is 15.4. The molecule has 0 atom stereocenters. The highest BCUT2D eigenvalue weighted by Crippen LogP contribution is 2.31. The smallest absolute Gasteiger partial charge is 0.311 e. The fourth-order valence-corrected chi connectivity index (χ4v) is 3.23. The number of nitrogens with two attached hydrogens (primary N) is 1. The predicted octanol–water partition coefficient (Wildman–Crippen LogP) is 3.51. The van der Waals surface area contributed by atoms with Crippen LogP contribution in [-0.2, 0) is 0 Å². The van der Waals surface area contributed by atoms with E-state index in [9.17, 15) is 10.1 Å². The fraction of sp³-hybridized carbons (Fsp3) is 0.190. The summed E-state index contributed by atoms with van der Waals surface area (Å²) in [4.78, 5) is 15.5. The van der Waals surface area contributed by atoms with Crippen LogP contribution in [0.4, 0.5) is 5.69 Å². The largest absolute Gasteiger partial charge is 0.490 e. The minimum Gasteiger partial charge on any atom is -0.490 e. The molecular weight excluding hydrogens is 367 g/mol. The van der Waals surface area contributed by atoms with Crippen molar-refractivity contribution in [1.29, 1.82) is 0 Å². The molecule has 7 nitrogen and oxygen atoms in total. The maximum absolute atomic E-state index is 11.2. The third kappa shape index (κ3) is 4.38. The minimum absolute atomic E-state index is 0.0794. The second kappa shape index (κ2) is 8.75. The Labute approximate surface area is 170 Å². The number of ether oxygens (including phenoxy) is 1. The van der Waals surface area contributed by atoms with Crippen molar-refractivity contribution in [1.82, 2.24) is 4.48 Å². The molecule has 0 saturated heterocycles. The summed E-state index contributed by atoms with van der Waals surface area (Å²) >= 11 is 0. The van der Waals surface area contributed by atoms with E-state index in [1.807, 2.05) is 31.2 Å². The lowest BCUT2D eigenvalue weighted by atomic mass is 10.0. The van der Waals surface area contributed by atoms with E-state index in [1.54, 1.807) is 28.9 Å². The molecule has 0 spiro atoms. The van der Waals surface area contributed by atoms with Gasteiger partial charge in [-0.3, -0.25) is 10.1 Å². The number of benzene rings is 1. The topological polar surface area (TPSA) is 95.7 Å². The predicted molar refractivity (Wildman–Crippen MR) is 116 cm³/mol. The molecule has 3 rings (SSSR count). The highest BCUT2D eigenvalue weighted by molar-refractivity contribution is 6.11. The van der Waals surface area contributed by atoms with Crippen molar-refractivity contribution in [2.45, 2.75) is 13.3 Å². The summed E-state index contributed by atoms with van der Waals surface area (Å²) in [6, 6.07) is 8.62. The van der Waals surface area contributed by atoms with E-state index in [-0.39, 0.29) is 11.4 Å². The Hall–Kier alpha value is -3.39. The van der Waals surface area contributed by atoms with Gasteiger partial charge in [-0.05, 0) is 67.6 Å². The fourth-order valence-electron chi connectivity index (χ4n) is 3.23. The summed E-state index contributed by atoms with van der Waals surface area (Å²) in [5.41, 5.74) is 10.9. The van der Waals surface area contributed by atoms with Gasteiger partial charge >= 0.3 is 5.69 Å². The number of hydrogen-bond donors (Lipinski definition) is 1. The number of aliphatic imine (C=N–C) groups is 1. The summed E-state index contributed by atoms with van der Waals surface area (Å²) in [6.45, 7) is 2.46. The lowest BCUT2D eigenvalue weighted by molar-refractivity contribution is -0.385. The van der Waals surface area contributed by atoms with Crippen molar-refractivity contribution in [3.8, 4) is 5.75 Å². The molecule has 8 heteroatoms. The SMILES string of the molecule is [B]n1cccc1/C(CCN)=C1N=C(/C=C/c2ccc(OC)c([N+](=O)[O-])c2)C=C\1C. The first-order chi connectivity index (χ1) is 13.9. The third-order valence-electron chi connectivity index (χ3n) is 4.59. The zero-order chi connectivity index (χ0) is 21.0. The molecule has 2 aromatic rings. The van der Waals surface area contributed by atoms with Gasteiger partial charge in [-0.2, -0.15) is 0 Å². The lowest BCUT2D eigenvalue weighted by Gasteiger charge is -2.11. The highest BCUT2D eigenvalue weighted by atomic mass is 16.6. The van der Waals surface area contributed by atoms with Crippen LogP contribution < -0.4 is 10.5 Å². The Balaban J connectivity index is 1.94. The number of aromatic nitrogens is 1. The first-order valence-corrected chi connectivity index (χ1v) is 9.08. The second-order valence-corrected chi connectivity index (χ2v) is 6.55. The van der Waals surface area contributed by atoms with Crippen LogP contribution in [0, 0.1) is 10.1 Å². The summed E-state index contributed by atoms with van der Waals surface area (Å²) in [5.74, 6) is 0.225. The van der Waals surface area contributed by atoms with E-state index in [4.69, 9.17) is 23.4 Å². The molecule has 0 saturated carbocycles. The first-order valence-electron chi connectivity index (χ1n) is 9.08. The molecule has 0 unspecified atom stereocenters. The standard InChI is InChI=1S/C21H21BN4O3/c1-14-12-16(7-5-15-6-8-20(29-2)19(13-15)26(27)28)24-21(14)17(9-10-23)18-4-3-11-25(18)22/h3-8,11-13H,9-10,23H2,1-2H3/b7-5+,21-17-. The molecular formula is C21H21BN4O3. The Morgan fingerprint density at radius 2 is 2.17 bits per heavy atom. The van der Waals surface area contributed by atoms with Crippen molar-refractivity contribution in [3.05, 3.63) is 81.3 Å². The van der Waals surface area contributed by atoms with Gasteiger partial charge in [-0.25, -0.2) is 4.99 Å². The van der Waals surface area contributed by atoms with Crippen LogP contribution in [0.25, 0.3) is 11.6 Å². The van der Waals surface area contributed by atoms with Crippen LogP contribution >= 0.6 is 0 Å². The molecule has 146 valence electrons. The molecule has 0 bridgehead atoms. The van der Waals surface area contributed by atoms with Crippen molar-refractivity contribution >= 4 is 31.0 Å². The number of methoxy groups -OCH3 is 1. The lowest BCUT2D eigenvalue weighted by Crippen LogP contribution is -2.05. The van der Waals surface area contributed by atoms with Gasteiger partial charge in [0.05, 0.1) is 23.4 Å². The number of hydrogen-bond acceptors (Lipinski definition) is 5. The Kier molecular flexibility index (Phi) is 6.14. The molecule has 1 aliphatic rings. The average molecular weight is 388 g/mol. The van der Waals surface area contributed by atoms with Gasteiger partial charge in [0.1, 0.15) is 0 Å². The van der Waals surface area contributed by atoms with Gasteiger partial charge in [-0.1, -0.05) is 12.1 Å². The third-order valence-corrected chi connectivity index (χ3v) is 4.59. The van der Waals surface area contributed by atoms with Crippen LogP contribution in [0.2, 0.25) is 0 Å². The van der Waals surface area contributed by atoms with Gasteiger partial charge in [0.15, 0.2) is 5.75 Å². The van der Waals surface area contributed by atoms with Crippen molar-refractivity contribution in [2.75, 3.05) is 13.7 Å².